The molecular formula is C22H21BrN6O2S. The molecular weight excluding hydrogens is 492 g/mol. The van der Waals surface area contributed by atoms with Gasteiger partial charge >= 0.3 is 0 Å². The van der Waals surface area contributed by atoms with Crippen molar-refractivity contribution in [3.05, 3.63) is 52.9 Å². The van der Waals surface area contributed by atoms with Crippen LogP contribution in [-0.4, -0.2) is 50.6 Å². The Labute approximate surface area is 193 Å². The van der Waals surface area contributed by atoms with Crippen molar-refractivity contribution in [1.29, 1.82) is 0 Å². The summed E-state index contributed by atoms with van der Waals surface area (Å²) in [5, 5.41) is 5.29. The molecule has 3 aromatic heterocycles. The van der Waals surface area contributed by atoms with Gasteiger partial charge in [-0.05, 0) is 47.3 Å². The Morgan fingerprint density at radius 1 is 1.12 bits per heavy atom. The summed E-state index contributed by atoms with van der Waals surface area (Å²) in [7, 11) is -3.20. The van der Waals surface area contributed by atoms with Crippen molar-refractivity contribution in [2.75, 3.05) is 18.8 Å². The van der Waals surface area contributed by atoms with E-state index in [9.17, 15) is 8.42 Å². The first-order valence-corrected chi connectivity index (χ1v) is 12.9. The first-order valence-electron chi connectivity index (χ1n) is 10.6. The van der Waals surface area contributed by atoms with E-state index in [0.717, 1.165) is 40.6 Å². The second-order valence-corrected chi connectivity index (χ2v) is 11.5. The SMILES string of the molecule is Nc1c(Br)c(C2CCN(S(=O)(=O)C3CC3)C2)nc2c(-c3cnc4ccccc4c3)cnn12. The Morgan fingerprint density at radius 2 is 1.94 bits per heavy atom. The van der Waals surface area contributed by atoms with E-state index in [-0.39, 0.29) is 11.2 Å². The molecule has 1 unspecified atom stereocenters. The van der Waals surface area contributed by atoms with Gasteiger partial charge in [0, 0.05) is 41.7 Å². The van der Waals surface area contributed by atoms with Gasteiger partial charge in [-0.1, -0.05) is 18.2 Å². The van der Waals surface area contributed by atoms with Crippen LogP contribution in [0, 0.1) is 0 Å². The normalized spacial score (nSPS) is 19.8. The van der Waals surface area contributed by atoms with Crippen molar-refractivity contribution in [2.45, 2.75) is 30.4 Å². The van der Waals surface area contributed by atoms with E-state index in [0.29, 0.717) is 35.4 Å². The standard InChI is InChI=1S/C22H21BrN6O2S/c23-19-20(14-7-8-28(12-14)32(30,31)16-5-6-16)27-22-17(11-26-29(22)21(19)24)15-9-13-3-1-2-4-18(13)25-10-15/h1-4,9-11,14,16H,5-8,12,24H2. The predicted octanol–water partition coefficient (Wildman–Crippen LogP) is 3.57. The lowest BCUT2D eigenvalue weighted by atomic mass is 10.0. The van der Waals surface area contributed by atoms with E-state index in [1.54, 1.807) is 15.0 Å². The molecule has 0 spiro atoms. The maximum absolute atomic E-state index is 12.7. The van der Waals surface area contributed by atoms with Gasteiger partial charge in [0.25, 0.3) is 0 Å². The number of hydrogen-bond donors (Lipinski definition) is 1. The van der Waals surface area contributed by atoms with Gasteiger partial charge in [0.05, 0.1) is 27.1 Å². The second kappa shape index (κ2) is 7.23. The van der Waals surface area contributed by atoms with Crippen LogP contribution in [0.15, 0.2) is 47.2 Å². The zero-order valence-corrected chi connectivity index (χ0v) is 19.6. The van der Waals surface area contributed by atoms with Gasteiger partial charge in [-0.3, -0.25) is 4.98 Å². The van der Waals surface area contributed by atoms with Gasteiger partial charge in [0.15, 0.2) is 5.65 Å². The second-order valence-electron chi connectivity index (χ2n) is 8.49. The van der Waals surface area contributed by atoms with Crippen molar-refractivity contribution in [1.82, 2.24) is 23.9 Å². The monoisotopic (exact) mass is 512 g/mol. The number of para-hydroxylation sites is 1. The molecule has 6 rings (SSSR count). The first kappa shape index (κ1) is 20.1. The number of hydrogen-bond acceptors (Lipinski definition) is 6. The van der Waals surface area contributed by atoms with Crippen LogP contribution in [0.5, 0.6) is 0 Å². The molecule has 10 heteroatoms. The molecule has 8 nitrogen and oxygen atoms in total. The zero-order valence-electron chi connectivity index (χ0n) is 17.1. The Balaban J connectivity index is 1.42. The van der Waals surface area contributed by atoms with Crippen LogP contribution in [0.25, 0.3) is 27.7 Å². The number of sulfonamides is 1. The molecule has 2 fully saturated rings. The Hall–Kier alpha value is -2.56. The van der Waals surface area contributed by atoms with E-state index in [4.69, 9.17) is 10.7 Å². The smallest absolute Gasteiger partial charge is 0.217 e. The number of halogens is 1. The van der Waals surface area contributed by atoms with Crippen molar-refractivity contribution >= 4 is 48.3 Å². The maximum Gasteiger partial charge on any atom is 0.217 e. The summed E-state index contributed by atoms with van der Waals surface area (Å²) in [4.78, 5) is 9.50. The van der Waals surface area contributed by atoms with Crippen LogP contribution in [0.3, 0.4) is 0 Å². The number of benzene rings is 1. The molecule has 1 aliphatic heterocycles. The summed E-state index contributed by atoms with van der Waals surface area (Å²) in [5.41, 5.74) is 10.5. The third-order valence-electron chi connectivity index (χ3n) is 6.39. The summed E-state index contributed by atoms with van der Waals surface area (Å²) in [6.45, 7) is 0.949. The number of anilines is 1. The maximum atomic E-state index is 12.7. The minimum absolute atomic E-state index is 0.0253. The Morgan fingerprint density at radius 3 is 2.75 bits per heavy atom. The molecule has 1 aromatic carbocycles. The van der Waals surface area contributed by atoms with Crippen LogP contribution < -0.4 is 5.73 Å². The van der Waals surface area contributed by atoms with Gasteiger partial charge in [0.2, 0.25) is 10.0 Å². The number of nitrogens with two attached hydrogens (primary N) is 1. The van der Waals surface area contributed by atoms with E-state index >= 15 is 0 Å². The average molecular weight is 513 g/mol. The van der Waals surface area contributed by atoms with Crippen molar-refractivity contribution < 1.29 is 8.42 Å². The molecule has 4 heterocycles. The molecule has 2 N–H and O–H groups in total. The van der Waals surface area contributed by atoms with E-state index in [1.807, 2.05) is 30.5 Å². The zero-order chi connectivity index (χ0) is 22.0. The minimum atomic E-state index is -3.20. The highest BCUT2D eigenvalue weighted by atomic mass is 79.9. The number of fused-ring (bicyclic) bond motifs is 2. The Bertz CT molecular complexity index is 1480. The number of rotatable bonds is 4. The highest BCUT2D eigenvalue weighted by Gasteiger charge is 2.43. The van der Waals surface area contributed by atoms with Crippen molar-refractivity contribution in [3.63, 3.8) is 0 Å². The molecule has 1 aliphatic carbocycles. The number of nitrogens with zero attached hydrogens (tertiary/aromatic N) is 5. The van der Waals surface area contributed by atoms with E-state index in [2.05, 4.69) is 32.1 Å². The fraction of sp³-hybridized carbons (Fsp3) is 0.318. The molecule has 164 valence electrons. The third kappa shape index (κ3) is 3.12. The highest BCUT2D eigenvalue weighted by Crippen LogP contribution is 2.39. The van der Waals surface area contributed by atoms with Crippen LogP contribution in [-0.2, 0) is 10.0 Å². The molecule has 0 amide bonds. The van der Waals surface area contributed by atoms with Gasteiger partial charge < -0.3 is 5.73 Å². The number of pyridine rings is 1. The topological polar surface area (TPSA) is 106 Å². The molecule has 1 saturated carbocycles. The van der Waals surface area contributed by atoms with Gasteiger partial charge in [-0.25, -0.2) is 17.7 Å². The molecule has 4 aromatic rings. The number of aromatic nitrogens is 4. The quantitative estimate of drug-likeness (QED) is 0.447. The summed E-state index contributed by atoms with van der Waals surface area (Å²) in [6, 6.07) is 10.0. The largest absolute Gasteiger partial charge is 0.383 e. The first-order chi connectivity index (χ1) is 15.4. The third-order valence-corrected chi connectivity index (χ3v) is 9.57. The minimum Gasteiger partial charge on any atom is -0.383 e. The molecule has 32 heavy (non-hydrogen) atoms. The predicted molar refractivity (Wildman–Crippen MR) is 127 cm³/mol. The van der Waals surface area contributed by atoms with Crippen LogP contribution in [0.2, 0.25) is 0 Å². The fourth-order valence-electron chi connectivity index (χ4n) is 4.46. The highest BCUT2D eigenvalue weighted by molar-refractivity contribution is 9.10. The average Bonchev–Trinajstić information content (AvgIpc) is 3.40. The Kier molecular flexibility index (Phi) is 4.53. The summed E-state index contributed by atoms with van der Waals surface area (Å²) in [6.07, 6.45) is 5.82. The molecule has 2 aliphatic rings. The number of nitrogen functional groups attached to an aromatic ring is 1. The molecule has 0 bridgehead atoms. The van der Waals surface area contributed by atoms with Gasteiger partial charge in [-0.15, -0.1) is 0 Å². The van der Waals surface area contributed by atoms with E-state index in [1.165, 1.54) is 0 Å². The van der Waals surface area contributed by atoms with Crippen LogP contribution >= 0.6 is 15.9 Å². The fourth-order valence-corrected chi connectivity index (χ4v) is 6.95. The molecule has 1 atom stereocenters. The lowest BCUT2D eigenvalue weighted by Gasteiger charge is -2.17. The molecule has 1 saturated heterocycles. The summed E-state index contributed by atoms with van der Waals surface area (Å²) in [5.74, 6) is 0.427. The van der Waals surface area contributed by atoms with Crippen LogP contribution in [0.1, 0.15) is 30.9 Å². The van der Waals surface area contributed by atoms with Crippen molar-refractivity contribution in [3.8, 4) is 11.1 Å². The molecule has 0 radical (unpaired) electrons. The lowest BCUT2D eigenvalue weighted by molar-refractivity contribution is 0.470. The van der Waals surface area contributed by atoms with Gasteiger partial charge in [-0.2, -0.15) is 9.61 Å². The van der Waals surface area contributed by atoms with Crippen molar-refractivity contribution in [2.24, 2.45) is 0 Å². The van der Waals surface area contributed by atoms with Gasteiger partial charge in [0.1, 0.15) is 5.82 Å². The lowest BCUT2D eigenvalue weighted by Crippen LogP contribution is -2.31. The summed E-state index contributed by atoms with van der Waals surface area (Å²) < 4.78 is 29.3. The summed E-state index contributed by atoms with van der Waals surface area (Å²) >= 11 is 3.59. The van der Waals surface area contributed by atoms with E-state index < -0.39 is 10.0 Å². The van der Waals surface area contributed by atoms with Crippen LogP contribution in [0.4, 0.5) is 5.82 Å².